The maximum Gasteiger partial charge on any atom is 0.329 e. The molecule has 0 aromatic carbocycles. The molecule has 0 aliphatic carbocycles. The van der Waals surface area contributed by atoms with Crippen LogP contribution in [-0.4, -0.2) is 45.3 Å². The number of aromatic amines is 1. The topological polar surface area (TPSA) is 103 Å². The van der Waals surface area contributed by atoms with E-state index in [1.54, 1.807) is 11.6 Å². The van der Waals surface area contributed by atoms with Crippen LogP contribution in [0.2, 0.25) is 0 Å². The minimum atomic E-state index is -0.669. The highest BCUT2D eigenvalue weighted by Gasteiger charge is 2.29. The van der Waals surface area contributed by atoms with Crippen molar-refractivity contribution in [3.8, 4) is 0 Å². The second kappa shape index (κ2) is 8.98. The van der Waals surface area contributed by atoms with E-state index in [-0.39, 0.29) is 11.2 Å². The van der Waals surface area contributed by atoms with Crippen LogP contribution >= 0.6 is 0 Å². The van der Waals surface area contributed by atoms with Crippen molar-refractivity contribution in [2.45, 2.75) is 52.6 Å². The highest BCUT2D eigenvalue weighted by atomic mass is 16.5. The van der Waals surface area contributed by atoms with E-state index in [0.29, 0.717) is 18.8 Å². The number of aromatic nitrogens is 4. The zero-order valence-electron chi connectivity index (χ0n) is 16.8. The molecular formula is C18H30N5O4+. The molecule has 9 nitrogen and oxygen atoms in total. The van der Waals surface area contributed by atoms with E-state index in [2.05, 4.69) is 23.8 Å². The van der Waals surface area contributed by atoms with Crippen molar-refractivity contribution in [1.29, 1.82) is 0 Å². The van der Waals surface area contributed by atoms with Crippen LogP contribution in [0.1, 0.15) is 51.9 Å². The van der Waals surface area contributed by atoms with Gasteiger partial charge in [-0.1, -0.05) is 20.3 Å². The zero-order chi connectivity index (χ0) is 20.1. The third-order valence-corrected chi connectivity index (χ3v) is 4.99. The van der Waals surface area contributed by atoms with Crippen LogP contribution < -0.4 is 16.1 Å². The molecule has 0 saturated carbocycles. The molecule has 0 fully saturated rings. The summed E-state index contributed by atoms with van der Waals surface area (Å²) >= 11 is 0. The number of unbranched alkanes of at least 4 members (excludes halogenated alkanes) is 1. The van der Waals surface area contributed by atoms with Gasteiger partial charge in [-0.15, -0.1) is 0 Å². The van der Waals surface area contributed by atoms with E-state index in [1.807, 2.05) is 6.92 Å². The van der Waals surface area contributed by atoms with Gasteiger partial charge in [0, 0.05) is 7.05 Å². The molecule has 27 heavy (non-hydrogen) atoms. The van der Waals surface area contributed by atoms with Crippen LogP contribution in [0.25, 0.3) is 11.2 Å². The Balaban J connectivity index is 2.70. The molecule has 0 radical (unpaired) electrons. The number of H-pyrrole nitrogens is 1. The Bertz CT molecular complexity index is 911. The number of carbonyl (C=O) groups is 1. The molecule has 2 aromatic heterocycles. The summed E-state index contributed by atoms with van der Waals surface area (Å²) in [4.78, 5) is 45.1. The second-order valence-corrected chi connectivity index (χ2v) is 6.72. The molecule has 0 aliphatic heterocycles. The number of carbonyl (C=O) groups excluding carboxylic acids is 1. The van der Waals surface area contributed by atoms with Crippen molar-refractivity contribution in [1.82, 2.24) is 19.1 Å². The van der Waals surface area contributed by atoms with Crippen LogP contribution in [0, 0.1) is 0 Å². The number of hydrogen-bond acceptors (Lipinski definition) is 5. The number of imidazole rings is 1. The molecule has 2 aromatic rings. The van der Waals surface area contributed by atoms with Crippen LogP contribution in [-0.2, 0) is 23.1 Å². The van der Waals surface area contributed by atoms with Crippen molar-refractivity contribution in [2.75, 3.05) is 20.2 Å². The Hall–Kier alpha value is -2.42. The summed E-state index contributed by atoms with van der Waals surface area (Å²) in [5.74, 6) is 0.180. The van der Waals surface area contributed by atoms with E-state index >= 15 is 0 Å². The first-order valence-electron chi connectivity index (χ1n) is 9.50. The Morgan fingerprint density at radius 1 is 1.30 bits per heavy atom. The van der Waals surface area contributed by atoms with Crippen molar-refractivity contribution >= 4 is 17.1 Å². The molecule has 2 rings (SSSR count). The predicted molar refractivity (Wildman–Crippen MR) is 102 cm³/mol. The Morgan fingerprint density at radius 3 is 2.56 bits per heavy atom. The number of quaternary nitrogens is 1. The van der Waals surface area contributed by atoms with Crippen molar-refractivity contribution in [2.24, 2.45) is 7.05 Å². The van der Waals surface area contributed by atoms with Gasteiger partial charge >= 0.3 is 11.7 Å². The molecule has 2 atom stereocenters. The van der Waals surface area contributed by atoms with Gasteiger partial charge in [-0.05, 0) is 19.8 Å². The molecule has 0 spiro atoms. The van der Waals surface area contributed by atoms with E-state index in [1.165, 1.54) is 16.6 Å². The monoisotopic (exact) mass is 380 g/mol. The fourth-order valence-electron chi connectivity index (χ4n) is 3.34. The molecule has 0 bridgehead atoms. The lowest BCUT2D eigenvalue weighted by atomic mass is 10.2. The van der Waals surface area contributed by atoms with Gasteiger partial charge in [0.15, 0.2) is 17.0 Å². The SMILES string of the molecule is CCCC[NH+](CC)Cc1nc2c(c(=O)[nH]c(=O)n2C)n1[C@H](CC)C(=O)OC. The first-order valence-corrected chi connectivity index (χ1v) is 9.50. The molecule has 1 unspecified atom stereocenters. The fourth-order valence-corrected chi connectivity index (χ4v) is 3.34. The Labute approximate surface area is 158 Å². The summed E-state index contributed by atoms with van der Waals surface area (Å²) in [5, 5.41) is 0. The number of ether oxygens (including phenoxy) is 1. The molecule has 2 heterocycles. The summed E-state index contributed by atoms with van der Waals surface area (Å²) in [6.45, 7) is 8.52. The maximum absolute atomic E-state index is 12.6. The molecule has 0 saturated heterocycles. The van der Waals surface area contributed by atoms with Crippen LogP contribution in [0.5, 0.6) is 0 Å². The van der Waals surface area contributed by atoms with Gasteiger partial charge in [-0.2, -0.15) is 0 Å². The van der Waals surface area contributed by atoms with Gasteiger partial charge in [0.05, 0.1) is 20.2 Å². The number of nitrogens with one attached hydrogen (secondary N) is 2. The van der Waals surface area contributed by atoms with E-state index in [4.69, 9.17) is 4.74 Å². The summed E-state index contributed by atoms with van der Waals surface area (Å²) in [6, 6.07) is -0.669. The minimum Gasteiger partial charge on any atom is -0.467 e. The van der Waals surface area contributed by atoms with E-state index < -0.39 is 23.3 Å². The number of nitrogens with zero attached hydrogens (tertiary/aromatic N) is 3. The van der Waals surface area contributed by atoms with Gasteiger partial charge in [0.2, 0.25) is 0 Å². The Kier molecular flexibility index (Phi) is 6.95. The summed E-state index contributed by atoms with van der Waals surface area (Å²) < 4.78 is 7.90. The van der Waals surface area contributed by atoms with Gasteiger partial charge in [-0.25, -0.2) is 14.6 Å². The highest BCUT2D eigenvalue weighted by molar-refractivity contribution is 5.79. The lowest BCUT2D eigenvalue weighted by Gasteiger charge is -2.21. The van der Waals surface area contributed by atoms with Crippen LogP contribution in [0.4, 0.5) is 0 Å². The third-order valence-electron chi connectivity index (χ3n) is 4.99. The standard InChI is InChI=1S/C18H29N5O4/c1-6-9-10-22(8-3)11-13-19-15-14(16(24)20-18(26)21(15)4)23(13)12(7-2)17(25)27-5/h12H,6-11H2,1-5H3,(H,20,24,26)/p+1/t12-/m1/s1. The van der Waals surface area contributed by atoms with Gasteiger partial charge < -0.3 is 14.2 Å². The number of esters is 1. The van der Waals surface area contributed by atoms with Crippen LogP contribution in [0.15, 0.2) is 9.59 Å². The predicted octanol–water partition coefficient (Wildman–Crippen LogP) is -0.248. The molecule has 0 amide bonds. The molecular weight excluding hydrogens is 350 g/mol. The third kappa shape index (κ3) is 4.13. The number of methoxy groups -OCH3 is 1. The fraction of sp³-hybridized carbons (Fsp3) is 0.667. The quantitative estimate of drug-likeness (QED) is 0.584. The summed E-state index contributed by atoms with van der Waals surface area (Å²) in [7, 11) is 2.89. The molecule has 150 valence electrons. The zero-order valence-corrected chi connectivity index (χ0v) is 16.8. The average molecular weight is 380 g/mol. The average Bonchev–Trinajstić information content (AvgIpc) is 3.03. The number of hydrogen-bond donors (Lipinski definition) is 2. The van der Waals surface area contributed by atoms with Gasteiger partial charge in [0.1, 0.15) is 12.6 Å². The Morgan fingerprint density at radius 2 is 2.00 bits per heavy atom. The smallest absolute Gasteiger partial charge is 0.329 e. The van der Waals surface area contributed by atoms with Crippen molar-refractivity contribution in [3.63, 3.8) is 0 Å². The lowest BCUT2D eigenvalue weighted by molar-refractivity contribution is -0.913. The summed E-state index contributed by atoms with van der Waals surface area (Å²) in [5.41, 5.74) is -0.552. The van der Waals surface area contributed by atoms with Crippen molar-refractivity contribution < 1.29 is 14.4 Å². The molecule has 0 aliphatic rings. The molecule has 9 heteroatoms. The summed E-state index contributed by atoms with van der Waals surface area (Å²) in [6.07, 6.45) is 2.62. The van der Waals surface area contributed by atoms with Crippen molar-refractivity contribution in [3.05, 3.63) is 26.7 Å². The normalized spacial score (nSPS) is 13.7. The van der Waals surface area contributed by atoms with E-state index in [0.717, 1.165) is 25.9 Å². The number of fused-ring (bicyclic) bond motifs is 1. The highest BCUT2D eigenvalue weighted by Crippen LogP contribution is 2.21. The first kappa shape index (κ1) is 20.9. The maximum atomic E-state index is 12.6. The number of rotatable bonds is 9. The van der Waals surface area contributed by atoms with Gasteiger partial charge in [-0.3, -0.25) is 14.3 Å². The molecule has 2 N–H and O–H groups in total. The first-order chi connectivity index (χ1) is 12.9. The van der Waals surface area contributed by atoms with Gasteiger partial charge in [0.25, 0.3) is 5.56 Å². The van der Waals surface area contributed by atoms with Crippen LogP contribution in [0.3, 0.4) is 0 Å². The minimum absolute atomic E-state index is 0.232. The number of aryl methyl sites for hydroxylation is 1. The second-order valence-electron chi connectivity index (χ2n) is 6.72. The largest absolute Gasteiger partial charge is 0.467 e. The lowest BCUT2D eigenvalue weighted by Crippen LogP contribution is -3.10. The van der Waals surface area contributed by atoms with E-state index in [9.17, 15) is 14.4 Å².